The number of hydrogen-bond donors (Lipinski definition) is 0. The molecule has 2 aromatic carbocycles. The monoisotopic (exact) mass is 596 g/mol. The molecule has 38 heavy (non-hydrogen) atoms. The van der Waals surface area contributed by atoms with E-state index in [1.54, 1.807) is 30.8 Å². The van der Waals surface area contributed by atoms with Crippen LogP contribution in [0.2, 0.25) is 0 Å². The molecule has 0 saturated carbocycles. The minimum atomic E-state index is -0.770. The summed E-state index contributed by atoms with van der Waals surface area (Å²) in [7, 11) is 1.57. The molecule has 2 heterocycles. The quantitative estimate of drug-likeness (QED) is 0.245. The predicted octanol–water partition coefficient (Wildman–Crippen LogP) is 4.91. The summed E-state index contributed by atoms with van der Waals surface area (Å²) in [6.45, 7) is 8.04. The summed E-state index contributed by atoms with van der Waals surface area (Å²) >= 11 is 4.81. The maximum absolute atomic E-state index is 14.0. The zero-order valence-electron chi connectivity index (χ0n) is 21.5. The van der Waals surface area contributed by atoms with E-state index in [9.17, 15) is 9.59 Å². The maximum Gasteiger partial charge on any atom is 0.338 e. The number of nitrogens with zero attached hydrogens (tertiary/aromatic N) is 2. The second-order valence-electron chi connectivity index (χ2n) is 8.44. The van der Waals surface area contributed by atoms with E-state index in [0.717, 1.165) is 16.5 Å². The molecular weight excluding hydrogens is 568 g/mol. The highest BCUT2D eigenvalue weighted by Crippen LogP contribution is 2.38. The van der Waals surface area contributed by atoms with Crippen LogP contribution in [0.25, 0.3) is 6.08 Å². The van der Waals surface area contributed by atoms with Crippen LogP contribution in [0.4, 0.5) is 0 Å². The van der Waals surface area contributed by atoms with Gasteiger partial charge in [-0.3, -0.25) is 9.36 Å². The lowest BCUT2D eigenvalue weighted by Gasteiger charge is -2.27. The van der Waals surface area contributed by atoms with Crippen molar-refractivity contribution in [3.8, 4) is 11.5 Å². The molecule has 0 spiro atoms. The van der Waals surface area contributed by atoms with Crippen LogP contribution in [0, 0.1) is 0 Å². The molecule has 0 N–H and O–H groups in total. The molecular formula is C29H29BrN2O5S. The average Bonchev–Trinajstić information content (AvgIpc) is 3.22. The number of esters is 1. The first kappa shape index (κ1) is 27.6. The first-order chi connectivity index (χ1) is 18.4. The lowest BCUT2D eigenvalue weighted by Crippen LogP contribution is -2.40. The summed E-state index contributed by atoms with van der Waals surface area (Å²) in [5.74, 6) is 0.696. The molecule has 198 valence electrons. The second-order valence-corrected chi connectivity index (χ2v) is 10.4. The number of allylic oxidation sites excluding steroid dienone is 1. The number of para-hydroxylation sites is 1. The Bertz CT molecular complexity index is 1570. The van der Waals surface area contributed by atoms with Gasteiger partial charge in [-0.2, -0.15) is 0 Å². The van der Waals surface area contributed by atoms with Gasteiger partial charge in [0.05, 0.1) is 29.5 Å². The number of rotatable bonds is 10. The van der Waals surface area contributed by atoms with Crippen molar-refractivity contribution >= 4 is 39.3 Å². The molecule has 0 aliphatic carbocycles. The lowest BCUT2D eigenvalue weighted by molar-refractivity contribution is -0.139. The topological polar surface area (TPSA) is 79.1 Å². The minimum Gasteiger partial charge on any atom is -0.496 e. The van der Waals surface area contributed by atoms with Gasteiger partial charge >= 0.3 is 5.97 Å². The second kappa shape index (κ2) is 12.4. The van der Waals surface area contributed by atoms with Crippen LogP contribution in [0.15, 0.2) is 80.6 Å². The van der Waals surface area contributed by atoms with Gasteiger partial charge in [0.1, 0.15) is 24.1 Å². The van der Waals surface area contributed by atoms with E-state index >= 15 is 0 Å². The maximum atomic E-state index is 14.0. The van der Waals surface area contributed by atoms with E-state index in [0.29, 0.717) is 50.7 Å². The lowest BCUT2D eigenvalue weighted by atomic mass is 9.93. The molecule has 0 fully saturated rings. The van der Waals surface area contributed by atoms with Gasteiger partial charge in [0.25, 0.3) is 5.56 Å². The van der Waals surface area contributed by atoms with E-state index in [4.69, 9.17) is 19.2 Å². The van der Waals surface area contributed by atoms with Gasteiger partial charge in [0, 0.05) is 15.6 Å². The van der Waals surface area contributed by atoms with Gasteiger partial charge in [-0.1, -0.05) is 71.5 Å². The summed E-state index contributed by atoms with van der Waals surface area (Å²) in [4.78, 5) is 32.7. The molecule has 9 heteroatoms. The number of carbonyl (C=O) groups excluding carboxylic acids is 1. The zero-order valence-corrected chi connectivity index (χ0v) is 23.9. The van der Waals surface area contributed by atoms with E-state index in [-0.39, 0.29) is 12.2 Å². The molecule has 1 aliphatic heterocycles. The Morgan fingerprint density at radius 3 is 2.71 bits per heavy atom. The van der Waals surface area contributed by atoms with Crippen molar-refractivity contribution in [2.24, 2.45) is 4.99 Å². The van der Waals surface area contributed by atoms with Gasteiger partial charge in [-0.25, -0.2) is 9.79 Å². The molecule has 1 atom stereocenters. The molecule has 0 bridgehead atoms. The predicted molar refractivity (Wildman–Crippen MR) is 152 cm³/mol. The molecule has 3 aromatic rings. The van der Waals surface area contributed by atoms with Crippen molar-refractivity contribution < 1.29 is 19.0 Å². The normalized spacial score (nSPS) is 15.1. The first-order valence-corrected chi connectivity index (χ1v) is 13.9. The number of ether oxygens (including phenoxy) is 3. The molecule has 0 unspecified atom stereocenters. The Morgan fingerprint density at radius 2 is 2.00 bits per heavy atom. The Hall–Kier alpha value is -3.43. The summed E-state index contributed by atoms with van der Waals surface area (Å²) in [5.41, 5.74) is 2.11. The van der Waals surface area contributed by atoms with Gasteiger partial charge in [-0.15, -0.1) is 0 Å². The Labute approximate surface area is 233 Å². The summed E-state index contributed by atoms with van der Waals surface area (Å²) < 4.78 is 19.8. The summed E-state index contributed by atoms with van der Waals surface area (Å²) in [6.07, 6.45) is 4.80. The van der Waals surface area contributed by atoms with Crippen molar-refractivity contribution in [1.29, 1.82) is 0 Å². The standard InChI is InChI=1S/C29H29BrN2O5S/c1-5-10-21-25(28(34)36-7-3)26(20-17-19(30)13-14-23(20)35-4)32-27(33)24(38-29(32)31-21)16-18-11-8-9-12-22(18)37-15-6-2/h6,8-9,11-14,16-17,26H,2,5,7,10,15H2,1,3-4H3/b24-16+/t26-/m0/s1. The minimum absolute atomic E-state index is 0.204. The van der Waals surface area contributed by atoms with Crippen molar-refractivity contribution in [1.82, 2.24) is 4.57 Å². The van der Waals surface area contributed by atoms with Gasteiger partial charge in [-0.05, 0) is 43.7 Å². The van der Waals surface area contributed by atoms with E-state index in [2.05, 4.69) is 22.5 Å². The van der Waals surface area contributed by atoms with E-state index < -0.39 is 12.0 Å². The Morgan fingerprint density at radius 1 is 1.21 bits per heavy atom. The number of carbonyl (C=O) groups is 1. The fraction of sp³-hybridized carbons (Fsp3) is 0.276. The van der Waals surface area contributed by atoms with Crippen molar-refractivity contribution in [3.05, 3.63) is 102 Å². The third kappa shape index (κ3) is 5.54. The highest BCUT2D eigenvalue weighted by Gasteiger charge is 2.36. The Balaban J connectivity index is 2.02. The smallest absolute Gasteiger partial charge is 0.338 e. The van der Waals surface area contributed by atoms with Gasteiger partial charge < -0.3 is 14.2 Å². The molecule has 0 saturated heterocycles. The SMILES string of the molecule is C=CCOc1ccccc1/C=c1/sc2n(c1=O)[C@@H](c1cc(Br)ccc1OC)C(C(=O)OCC)=C(CCC)N=2. The van der Waals surface area contributed by atoms with Crippen LogP contribution in [0.3, 0.4) is 0 Å². The highest BCUT2D eigenvalue weighted by molar-refractivity contribution is 9.10. The third-order valence-electron chi connectivity index (χ3n) is 5.94. The first-order valence-electron chi connectivity index (χ1n) is 12.3. The molecule has 1 aromatic heterocycles. The summed E-state index contributed by atoms with van der Waals surface area (Å²) in [5, 5.41) is 0. The average molecular weight is 598 g/mol. The number of halogens is 1. The fourth-order valence-electron chi connectivity index (χ4n) is 4.36. The van der Waals surface area contributed by atoms with Crippen molar-refractivity contribution in [3.63, 3.8) is 0 Å². The van der Waals surface area contributed by atoms with Crippen LogP contribution in [-0.4, -0.2) is 30.9 Å². The number of thiazole rings is 1. The third-order valence-corrected chi connectivity index (χ3v) is 7.42. The number of methoxy groups -OCH3 is 1. The zero-order chi connectivity index (χ0) is 27.2. The van der Waals surface area contributed by atoms with Crippen LogP contribution < -0.4 is 24.4 Å². The number of hydrogen-bond acceptors (Lipinski definition) is 7. The van der Waals surface area contributed by atoms with E-state index in [1.807, 2.05) is 49.4 Å². The van der Waals surface area contributed by atoms with Crippen LogP contribution in [-0.2, 0) is 9.53 Å². The van der Waals surface area contributed by atoms with Gasteiger partial charge in [0.15, 0.2) is 4.80 Å². The molecule has 1 aliphatic rings. The van der Waals surface area contributed by atoms with E-state index in [1.165, 1.54) is 11.3 Å². The highest BCUT2D eigenvalue weighted by atomic mass is 79.9. The van der Waals surface area contributed by atoms with Crippen molar-refractivity contribution in [2.75, 3.05) is 20.3 Å². The number of aromatic nitrogens is 1. The molecule has 4 rings (SSSR count). The number of fused-ring (bicyclic) bond motifs is 1. The number of benzene rings is 2. The van der Waals surface area contributed by atoms with Crippen molar-refractivity contribution in [2.45, 2.75) is 32.7 Å². The van der Waals surface area contributed by atoms with Gasteiger partial charge in [0.2, 0.25) is 0 Å². The fourth-order valence-corrected chi connectivity index (χ4v) is 5.74. The molecule has 0 radical (unpaired) electrons. The van der Waals surface area contributed by atoms with Crippen LogP contribution in [0.1, 0.15) is 43.9 Å². The molecule has 7 nitrogen and oxygen atoms in total. The Kier molecular flexibility index (Phi) is 9.01. The largest absolute Gasteiger partial charge is 0.496 e. The summed E-state index contributed by atoms with van der Waals surface area (Å²) in [6, 6.07) is 12.3. The van der Waals surface area contributed by atoms with Crippen LogP contribution >= 0.6 is 27.3 Å². The van der Waals surface area contributed by atoms with Crippen LogP contribution in [0.5, 0.6) is 11.5 Å². The molecule has 0 amide bonds.